The Labute approximate surface area is 831 Å². The zero-order valence-electron chi connectivity index (χ0n) is 63.9. The smallest absolute Gasteiger partial charge is 0.870 e. The molecule has 0 aliphatic heterocycles. The number of alkyl halides is 1. The molecular formula is C75H74BBr3Cl9KN7O18S6. The maximum Gasteiger partial charge on any atom is 1.00 e. The van der Waals surface area contributed by atoms with Crippen molar-refractivity contribution in [1.82, 2.24) is 15.0 Å². The molecule has 1 radical (unpaired) electrons. The first kappa shape index (κ1) is 119. The number of ether oxygens (including phenoxy) is 5. The Balaban J connectivity index is -0.00000131. The molecule has 0 fully saturated rings. The molecule has 8 N–H and O–H groups in total. The largest absolute Gasteiger partial charge is 1.00 e. The number of ketones is 2. The number of carbonyl (C=O) groups excluding carboxylic acids is 9. The van der Waals surface area contributed by atoms with Gasteiger partial charge < -0.3 is 56.3 Å². The van der Waals surface area contributed by atoms with Gasteiger partial charge in [0.2, 0.25) is 21.1 Å². The Morgan fingerprint density at radius 1 is 0.558 bits per heavy atom. The topological polar surface area (TPSA) is 413 Å². The molecule has 0 spiro atoms. The van der Waals surface area contributed by atoms with Crippen molar-refractivity contribution in [3.8, 4) is 0 Å². The first-order valence-corrected chi connectivity index (χ1v) is 44.4. The van der Waals surface area contributed by atoms with Crippen LogP contribution in [0, 0.1) is 6.92 Å². The van der Waals surface area contributed by atoms with Crippen molar-refractivity contribution in [2.24, 2.45) is 15.8 Å². The Kier molecular flexibility index (Phi) is 69.8. The van der Waals surface area contributed by atoms with Gasteiger partial charge in [0.15, 0.2) is 28.7 Å². The van der Waals surface area contributed by atoms with Gasteiger partial charge in [0, 0.05) is 90.0 Å². The molecule has 25 nitrogen and oxygen atoms in total. The third-order valence-electron chi connectivity index (χ3n) is 12.8. The SMILES string of the molecule is CCOC(=O)C(Br)C(=O)Cc1ccc(Cl)cc1.CCOC(=O)CC(=O)Cc1ccc(Cl)cc1.CCOC(=O)c1sc(Br)nc1Cc1ccc(Cl)cc1.CCOC(=O)c1sc(N)nc1Cc1ccc(Cl)cc1.NC(N)=S.O=C(Cl)Cc1ccc(Cl)cc1.O=C(O)c1sc(Br)nc1Cc1ccc(Cl)cc1.O=S(Cl)Cl.[B]=NS.[CH2+]COC(=O)C[C-]=O.[K+].[OH-]. The molecule has 9 rings (SSSR count). The molecule has 0 bridgehead atoms. The number of thiazole rings is 3. The number of nitrogens with two attached hydrogens (primary N) is 3. The van der Waals surface area contributed by atoms with Gasteiger partial charge in [0.1, 0.15) is 33.8 Å². The van der Waals surface area contributed by atoms with E-state index in [4.69, 9.17) is 110 Å². The first-order valence-electron chi connectivity index (χ1n) is 33.2. The summed E-state index contributed by atoms with van der Waals surface area (Å²) >= 11 is 60.1. The fourth-order valence-electron chi connectivity index (χ4n) is 8.13. The number of Topliss-reactive ketones (excluding diaryl/α,β-unsaturated/α-hetero) is 2. The minimum atomic E-state index is -1.67. The van der Waals surface area contributed by atoms with E-state index in [9.17, 15) is 47.9 Å². The number of carboxylic acid groups (broad SMARTS) is 1. The molecule has 45 heteroatoms. The number of nitrogen functional groups attached to an aromatic ring is 1. The number of thiol groups is 1. The number of thiocarbonyl (C=S) groups is 1. The third-order valence-corrected chi connectivity index (χ3v) is 19.3. The molecule has 3 aromatic heterocycles. The number of rotatable bonds is 26. The summed E-state index contributed by atoms with van der Waals surface area (Å²) in [6.45, 7) is 11.5. The Morgan fingerprint density at radius 3 is 1.18 bits per heavy atom. The van der Waals surface area contributed by atoms with Crippen molar-refractivity contribution < 1.29 is 138 Å². The van der Waals surface area contributed by atoms with E-state index >= 15 is 0 Å². The predicted molar refractivity (Wildman–Crippen MR) is 491 cm³/mol. The summed E-state index contributed by atoms with van der Waals surface area (Å²) in [5.74, 6) is -3.62. The van der Waals surface area contributed by atoms with Gasteiger partial charge in [-0.2, -0.15) is 0 Å². The Morgan fingerprint density at radius 2 is 0.858 bits per heavy atom. The number of hydrogen-bond acceptors (Lipinski definition) is 27. The first-order chi connectivity index (χ1) is 55.8. The summed E-state index contributed by atoms with van der Waals surface area (Å²) in [6.07, 6.45) is 3.19. The van der Waals surface area contributed by atoms with Crippen LogP contribution in [0.5, 0.6) is 0 Å². The number of carboxylic acids is 1. The van der Waals surface area contributed by atoms with Gasteiger partial charge in [-0.15, -0.1) is 0 Å². The van der Waals surface area contributed by atoms with E-state index in [1.54, 1.807) is 125 Å². The van der Waals surface area contributed by atoms with E-state index in [2.05, 4.69) is 149 Å². The van der Waals surface area contributed by atoms with Crippen molar-refractivity contribution in [3.05, 3.63) is 256 Å². The molecule has 641 valence electrons. The maximum atomic E-state index is 11.8. The van der Waals surface area contributed by atoms with Crippen LogP contribution in [0.25, 0.3) is 0 Å². The molecular weight excluding hydrogens is 2090 g/mol. The van der Waals surface area contributed by atoms with Crippen LogP contribution in [0.1, 0.15) is 120 Å². The molecule has 0 aliphatic carbocycles. The summed E-state index contributed by atoms with van der Waals surface area (Å²) in [5, 5.41) is 13.0. The number of halogens is 12. The van der Waals surface area contributed by atoms with Crippen LogP contribution in [0.3, 0.4) is 0 Å². The Bertz CT molecular complexity index is 4540. The van der Waals surface area contributed by atoms with Crippen LogP contribution in [0.2, 0.25) is 30.1 Å². The molecule has 1 unspecified atom stereocenters. The van der Waals surface area contributed by atoms with Crippen LogP contribution in [0.15, 0.2) is 158 Å². The van der Waals surface area contributed by atoms with Gasteiger partial charge in [-0.25, -0.2) is 33.5 Å². The Hall–Kier alpha value is -4.92. The van der Waals surface area contributed by atoms with Crippen molar-refractivity contribution >= 4 is 295 Å². The zero-order chi connectivity index (χ0) is 89.4. The van der Waals surface area contributed by atoms with Crippen LogP contribution in [-0.4, -0.2) is 139 Å². The van der Waals surface area contributed by atoms with Crippen LogP contribution in [0.4, 0.5) is 5.13 Å². The van der Waals surface area contributed by atoms with Gasteiger partial charge in [0.25, 0.3) is 5.97 Å². The van der Waals surface area contributed by atoms with E-state index in [0.29, 0.717) is 103 Å². The van der Waals surface area contributed by atoms with Crippen LogP contribution in [-0.2, 0) is 105 Å². The molecule has 0 amide bonds. The fourth-order valence-corrected chi connectivity index (χ4v) is 12.8. The van der Waals surface area contributed by atoms with Gasteiger partial charge in [-0.05, 0) is 190 Å². The van der Waals surface area contributed by atoms with Crippen molar-refractivity contribution in [2.75, 3.05) is 38.8 Å². The van der Waals surface area contributed by atoms with Crippen LogP contribution < -0.4 is 68.6 Å². The molecule has 9 aromatic rings. The molecule has 0 aliphatic rings. The zero-order valence-corrected chi connectivity index (χ0v) is 83.5. The minimum Gasteiger partial charge on any atom is -0.870 e. The van der Waals surface area contributed by atoms with Crippen molar-refractivity contribution in [3.63, 3.8) is 0 Å². The number of nitrogens with zero attached hydrogens (tertiary/aromatic N) is 4. The average molecular weight is 2160 g/mol. The fraction of sp³-hybridized carbons (Fsp3) is 0.240. The van der Waals surface area contributed by atoms with Crippen molar-refractivity contribution in [1.29, 1.82) is 0 Å². The standard InChI is InChI=1S/C13H11BrClNO2S.C13H13ClN2O2S.C12H12BrClO3.C12H13ClO3.C11H7BrClNO2S.C8H6Cl2O.C5H6O3.CH4N2S.BHNS.Cl2OS.K.H2O/c1-2-18-12(17)11-10(16-13(14)19-11)7-8-3-5-9(15)6-4-8;1-2-18-12(17)11-10(16-13(15)19-11)7-8-3-5-9(14)6-4-8;1-2-17-12(16)11(13)10(15)7-8-3-5-9(14)6-4-8;1-2-16-12(15)8-11(14)7-9-3-5-10(13)6-4-9;12-11-14-8(9(17-11)10(15)16)5-6-1-3-7(13)4-2-6;9-7-3-1-6(2-4-7)5-8(10)11;1-2-8-5(7)3-4-6;2-1(3)4;1-2-3;1-4(2)3;;/h3-6H,2,7H2,1H3;3-6H,2,7H2,1H3,(H2,15,16);3-6,11H,2,7H2,1H3;3-6H,2,7-8H2,1H3;1-4H,5H2,(H,15,16);1-4H,5H2;1-3H2;(H4,2,3,4);3H;;;1H2/q;;;;;;;;;;+1;/p-1. The van der Waals surface area contributed by atoms with E-state index in [1.807, 2.05) is 48.5 Å². The van der Waals surface area contributed by atoms with E-state index in [0.717, 1.165) is 61.7 Å². The predicted octanol–water partition coefficient (Wildman–Crippen LogP) is 16.3. The van der Waals surface area contributed by atoms with E-state index < -0.39 is 37.9 Å². The summed E-state index contributed by atoms with van der Waals surface area (Å²) < 4.78 is 36.8. The number of aromatic carboxylic acids is 1. The second kappa shape index (κ2) is 70.3. The van der Waals surface area contributed by atoms with Gasteiger partial charge in [-0.1, -0.05) is 199 Å². The molecule has 3 heterocycles. The molecule has 0 saturated carbocycles. The minimum absolute atomic E-state index is 0. The van der Waals surface area contributed by atoms with Gasteiger partial charge >= 0.3 is 106 Å². The van der Waals surface area contributed by atoms with Crippen molar-refractivity contribution in [2.45, 2.75) is 83.9 Å². The maximum absolute atomic E-state index is 11.8. The average Bonchev–Trinajstić information content (AvgIpc) is 1.71. The molecule has 1 atom stereocenters. The second-order valence-corrected chi connectivity index (χ2v) is 34.3. The summed E-state index contributed by atoms with van der Waals surface area (Å²) in [4.78, 5) is 123. The number of anilines is 1. The summed E-state index contributed by atoms with van der Waals surface area (Å²) in [6, 6.07) is 43.1. The molecule has 120 heavy (non-hydrogen) atoms. The third kappa shape index (κ3) is 57.6. The number of aromatic nitrogens is 3. The number of esters is 5. The van der Waals surface area contributed by atoms with E-state index in [1.165, 1.54) is 17.6 Å². The number of hydrogen-bond donors (Lipinski definition) is 5. The number of benzene rings is 6. The summed E-state index contributed by atoms with van der Waals surface area (Å²) in [5.41, 5.74) is 22.4. The monoisotopic (exact) mass is 2150 g/mol. The van der Waals surface area contributed by atoms with E-state index in [-0.39, 0.29) is 141 Å². The second-order valence-electron chi connectivity index (χ2n) is 21.6. The number of carbonyl (C=O) groups is 9. The molecule has 6 aromatic carbocycles. The van der Waals surface area contributed by atoms with Crippen LogP contribution >= 0.6 is 209 Å². The quantitative estimate of drug-likeness (QED) is 0.00387. The normalized spacial score (nSPS) is 9.81. The summed E-state index contributed by atoms with van der Waals surface area (Å²) in [7, 11) is 11.7. The van der Waals surface area contributed by atoms with Gasteiger partial charge in [0.05, 0.1) is 43.5 Å². The van der Waals surface area contributed by atoms with Gasteiger partial charge in [-0.3, -0.25) is 35.1 Å². The molecule has 0 saturated heterocycles.